The van der Waals surface area contributed by atoms with E-state index < -0.39 is 0 Å². The zero-order valence-electron chi connectivity index (χ0n) is 9.39. The predicted molar refractivity (Wildman–Crippen MR) is 56.1 cm³/mol. The lowest BCUT2D eigenvalue weighted by Crippen LogP contribution is -2.17. The van der Waals surface area contributed by atoms with E-state index in [1.165, 1.54) is 0 Å². The minimum absolute atomic E-state index is 0.143. The Morgan fingerprint density at radius 1 is 1.47 bits per heavy atom. The van der Waals surface area contributed by atoms with Crippen molar-refractivity contribution < 1.29 is 4.74 Å². The monoisotopic (exact) mass is 213 g/mol. The third kappa shape index (κ3) is 3.93. The molecule has 1 unspecified atom stereocenters. The van der Waals surface area contributed by atoms with Crippen LogP contribution < -0.4 is 5.73 Å². The van der Waals surface area contributed by atoms with Crippen LogP contribution in [-0.4, -0.2) is 33.4 Å². The molecule has 1 aromatic rings. The van der Waals surface area contributed by atoms with Gasteiger partial charge < -0.3 is 10.5 Å². The first kappa shape index (κ1) is 12.1. The van der Waals surface area contributed by atoms with E-state index in [0.717, 1.165) is 19.4 Å². The molecule has 0 aliphatic rings. The number of hydrogen-bond donors (Lipinski definition) is 1. The Kier molecular flexibility index (Phi) is 5.20. The van der Waals surface area contributed by atoms with Crippen molar-refractivity contribution in [2.75, 3.05) is 13.2 Å². The van der Waals surface area contributed by atoms with E-state index in [1.54, 1.807) is 4.68 Å². The van der Waals surface area contributed by atoms with Crippen molar-refractivity contribution in [3.05, 3.63) is 5.82 Å². The second kappa shape index (κ2) is 6.47. The summed E-state index contributed by atoms with van der Waals surface area (Å²) in [5.41, 5.74) is 5.71. The van der Waals surface area contributed by atoms with Crippen molar-refractivity contribution in [2.24, 2.45) is 5.73 Å². The molecule has 0 saturated heterocycles. The molecule has 6 nitrogen and oxygen atoms in total. The lowest BCUT2D eigenvalue weighted by molar-refractivity contribution is 0.120. The minimum Gasteiger partial charge on any atom is -0.380 e. The average Bonchev–Trinajstić information content (AvgIpc) is 2.66. The molecule has 15 heavy (non-hydrogen) atoms. The summed E-state index contributed by atoms with van der Waals surface area (Å²) in [4.78, 5) is 0. The number of rotatable bonds is 7. The third-order valence-corrected chi connectivity index (χ3v) is 2.06. The summed E-state index contributed by atoms with van der Waals surface area (Å²) in [6.45, 7) is 6.09. The molecule has 0 amide bonds. The van der Waals surface area contributed by atoms with Gasteiger partial charge >= 0.3 is 0 Å². The van der Waals surface area contributed by atoms with Crippen LogP contribution in [0.4, 0.5) is 0 Å². The Morgan fingerprint density at radius 2 is 2.27 bits per heavy atom. The quantitative estimate of drug-likeness (QED) is 0.668. The average molecular weight is 213 g/mol. The number of aromatic nitrogens is 4. The highest BCUT2D eigenvalue weighted by Crippen LogP contribution is 2.02. The van der Waals surface area contributed by atoms with E-state index >= 15 is 0 Å². The maximum absolute atomic E-state index is 5.71. The molecule has 0 aromatic carbocycles. The first-order valence-corrected chi connectivity index (χ1v) is 5.35. The number of hydrogen-bond acceptors (Lipinski definition) is 5. The molecule has 0 radical (unpaired) electrons. The summed E-state index contributed by atoms with van der Waals surface area (Å²) >= 11 is 0. The summed E-state index contributed by atoms with van der Waals surface area (Å²) in [5, 5.41) is 11.3. The molecule has 1 aromatic heterocycles. The Hall–Kier alpha value is -1.01. The third-order valence-electron chi connectivity index (χ3n) is 2.06. The maximum Gasteiger partial charge on any atom is 0.167 e. The SMILES string of the molecule is CCCCOCCn1nnnc1C(C)N. The molecule has 0 aliphatic heterocycles. The van der Waals surface area contributed by atoms with Gasteiger partial charge in [-0.1, -0.05) is 13.3 Å². The molecular weight excluding hydrogens is 194 g/mol. The van der Waals surface area contributed by atoms with Crippen LogP contribution in [-0.2, 0) is 11.3 Å². The fraction of sp³-hybridized carbons (Fsp3) is 0.889. The lowest BCUT2D eigenvalue weighted by atomic mass is 10.3. The Balaban J connectivity index is 2.28. The van der Waals surface area contributed by atoms with Crippen molar-refractivity contribution >= 4 is 0 Å². The molecule has 0 spiro atoms. The van der Waals surface area contributed by atoms with Crippen LogP contribution in [0.25, 0.3) is 0 Å². The largest absolute Gasteiger partial charge is 0.380 e. The fourth-order valence-electron chi connectivity index (χ4n) is 1.20. The molecule has 1 rings (SSSR count). The van der Waals surface area contributed by atoms with Crippen molar-refractivity contribution in [3.63, 3.8) is 0 Å². The van der Waals surface area contributed by atoms with Gasteiger partial charge in [0.1, 0.15) is 0 Å². The molecule has 0 aliphatic carbocycles. The van der Waals surface area contributed by atoms with Crippen molar-refractivity contribution in [3.8, 4) is 0 Å². The van der Waals surface area contributed by atoms with Crippen LogP contribution in [0.5, 0.6) is 0 Å². The van der Waals surface area contributed by atoms with Gasteiger partial charge in [-0.2, -0.15) is 0 Å². The minimum atomic E-state index is -0.143. The normalized spacial score (nSPS) is 13.0. The van der Waals surface area contributed by atoms with Gasteiger partial charge in [0.25, 0.3) is 0 Å². The van der Waals surface area contributed by atoms with Crippen LogP contribution in [0.15, 0.2) is 0 Å². The van der Waals surface area contributed by atoms with E-state index in [4.69, 9.17) is 10.5 Å². The summed E-state index contributed by atoms with van der Waals surface area (Å²) in [6, 6.07) is -0.143. The fourth-order valence-corrected chi connectivity index (χ4v) is 1.20. The maximum atomic E-state index is 5.71. The van der Waals surface area contributed by atoms with Crippen LogP contribution in [0, 0.1) is 0 Å². The van der Waals surface area contributed by atoms with Gasteiger partial charge in [-0.15, -0.1) is 5.10 Å². The number of tetrazole rings is 1. The summed E-state index contributed by atoms with van der Waals surface area (Å²) in [6.07, 6.45) is 2.24. The molecule has 0 saturated carbocycles. The van der Waals surface area contributed by atoms with Gasteiger partial charge in [0.15, 0.2) is 5.82 Å². The highest BCUT2D eigenvalue weighted by atomic mass is 16.5. The van der Waals surface area contributed by atoms with Gasteiger partial charge in [-0.25, -0.2) is 4.68 Å². The van der Waals surface area contributed by atoms with E-state index in [9.17, 15) is 0 Å². The van der Waals surface area contributed by atoms with Crippen LogP contribution >= 0.6 is 0 Å². The molecule has 86 valence electrons. The lowest BCUT2D eigenvalue weighted by Gasteiger charge is -2.07. The van der Waals surface area contributed by atoms with Gasteiger partial charge in [0, 0.05) is 6.61 Å². The number of nitrogens with two attached hydrogens (primary N) is 1. The molecule has 1 heterocycles. The highest BCUT2D eigenvalue weighted by Gasteiger charge is 2.09. The smallest absolute Gasteiger partial charge is 0.167 e. The van der Waals surface area contributed by atoms with Crippen molar-refractivity contribution in [2.45, 2.75) is 39.3 Å². The van der Waals surface area contributed by atoms with E-state index in [-0.39, 0.29) is 6.04 Å². The molecule has 6 heteroatoms. The second-order valence-electron chi connectivity index (χ2n) is 3.51. The van der Waals surface area contributed by atoms with Crippen molar-refractivity contribution in [1.82, 2.24) is 20.2 Å². The molecule has 2 N–H and O–H groups in total. The van der Waals surface area contributed by atoms with Crippen LogP contribution in [0.2, 0.25) is 0 Å². The molecular formula is C9H19N5O. The van der Waals surface area contributed by atoms with E-state index in [0.29, 0.717) is 19.0 Å². The van der Waals surface area contributed by atoms with E-state index in [1.807, 2.05) is 6.92 Å². The summed E-state index contributed by atoms with van der Waals surface area (Å²) in [5.74, 6) is 0.703. The van der Waals surface area contributed by atoms with Crippen LogP contribution in [0.3, 0.4) is 0 Å². The topological polar surface area (TPSA) is 78.8 Å². The number of ether oxygens (including phenoxy) is 1. The Morgan fingerprint density at radius 3 is 2.93 bits per heavy atom. The first-order valence-electron chi connectivity index (χ1n) is 5.35. The predicted octanol–water partition coefficient (Wildman–Crippen LogP) is 0.509. The van der Waals surface area contributed by atoms with Gasteiger partial charge in [0.2, 0.25) is 0 Å². The van der Waals surface area contributed by atoms with Gasteiger partial charge in [-0.05, 0) is 23.8 Å². The Bertz CT molecular complexity index is 273. The Labute approximate surface area is 89.8 Å². The molecule has 1 atom stereocenters. The second-order valence-corrected chi connectivity index (χ2v) is 3.51. The number of nitrogens with zero attached hydrogens (tertiary/aromatic N) is 4. The number of unbranched alkanes of at least 4 members (excludes halogenated alkanes) is 1. The highest BCUT2D eigenvalue weighted by molar-refractivity contribution is 4.86. The van der Waals surface area contributed by atoms with E-state index in [2.05, 4.69) is 22.4 Å². The van der Waals surface area contributed by atoms with Gasteiger partial charge in [-0.3, -0.25) is 0 Å². The van der Waals surface area contributed by atoms with Gasteiger partial charge in [0.05, 0.1) is 19.2 Å². The standard InChI is InChI=1S/C9H19N5O/c1-3-4-6-15-7-5-14-9(8(2)10)11-12-13-14/h8H,3-7,10H2,1-2H3. The van der Waals surface area contributed by atoms with Crippen LogP contribution in [0.1, 0.15) is 38.6 Å². The molecule has 0 fully saturated rings. The summed E-state index contributed by atoms with van der Waals surface area (Å²) < 4.78 is 7.12. The summed E-state index contributed by atoms with van der Waals surface area (Å²) in [7, 11) is 0. The zero-order valence-corrected chi connectivity index (χ0v) is 9.39. The van der Waals surface area contributed by atoms with Crippen molar-refractivity contribution in [1.29, 1.82) is 0 Å². The zero-order chi connectivity index (χ0) is 11.1. The first-order chi connectivity index (χ1) is 7.25. The molecule has 0 bridgehead atoms.